The van der Waals surface area contributed by atoms with E-state index in [-0.39, 0.29) is 0 Å². The monoisotopic (exact) mass is 301 g/mol. The van der Waals surface area contributed by atoms with Crippen LogP contribution in [-0.2, 0) is 13.5 Å². The van der Waals surface area contributed by atoms with E-state index in [0.29, 0.717) is 0 Å². The molecule has 1 aromatic heterocycles. The van der Waals surface area contributed by atoms with Crippen molar-refractivity contribution in [2.45, 2.75) is 27.2 Å². The summed E-state index contributed by atoms with van der Waals surface area (Å²) in [6, 6.07) is 13.3. The lowest BCUT2D eigenvalue weighted by Crippen LogP contribution is -2.37. The Morgan fingerprint density at radius 3 is 2.43 bits per heavy atom. The van der Waals surface area contributed by atoms with Crippen LogP contribution in [0.2, 0.25) is 0 Å². The van der Waals surface area contributed by atoms with Crippen molar-refractivity contribution in [2.75, 3.05) is 0 Å². The van der Waals surface area contributed by atoms with Gasteiger partial charge >= 0.3 is 5.82 Å². The van der Waals surface area contributed by atoms with Crippen molar-refractivity contribution in [3.05, 3.63) is 70.5 Å². The minimum Gasteiger partial charge on any atom is -0.229 e. The summed E-state index contributed by atoms with van der Waals surface area (Å²) in [4.78, 5) is 4.81. The van der Waals surface area contributed by atoms with Crippen LogP contribution in [0.1, 0.15) is 27.9 Å². The maximum Gasteiger partial charge on any atom is 0.330 e. The molecule has 0 fully saturated rings. The maximum atomic E-state index is 4.81. The second-order valence-corrected chi connectivity index (χ2v) is 6.66. The van der Waals surface area contributed by atoms with Gasteiger partial charge in [0.05, 0.1) is 18.2 Å². The molecule has 114 valence electrons. The number of hydrogen-bond acceptors (Lipinski definition) is 1. The molecular weight excluding hydrogens is 280 g/mol. The quantitative estimate of drug-likeness (QED) is 0.484. The lowest BCUT2D eigenvalue weighted by molar-refractivity contribution is -0.669. The van der Waals surface area contributed by atoms with Crippen LogP contribution in [0.15, 0.2) is 42.6 Å². The highest BCUT2D eigenvalue weighted by Crippen LogP contribution is 2.35. The van der Waals surface area contributed by atoms with Crippen molar-refractivity contribution in [3.8, 4) is 22.5 Å². The Hall–Kier alpha value is -2.48. The van der Waals surface area contributed by atoms with E-state index in [2.05, 4.69) is 68.8 Å². The zero-order chi connectivity index (χ0) is 16.1. The Kier molecular flexibility index (Phi) is 3.08. The maximum absolute atomic E-state index is 4.81. The smallest absolute Gasteiger partial charge is 0.229 e. The van der Waals surface area contributed by atoms with Crippen molar-refractivity contribution in [1.29, 1.82) is 0 Å². The second kappa shape index (κ2) is 5.02. The predicted molar refractivity (Wildman–Crippen MR) is 93.3 cm³/mol. The van der Waals surface area contributed by atoms with E-state index in [1.807, 2.05) is 6.20 Å². The third-order valence-electron chi connectivity index (χ3n) is 4.89. The van der Waals surface area contributed by atoms with E-state index >= 15 is 0 Å². The standard InChI is InChI=1S/C21H21N2/c1-13-6-8-17-16(9-13)11-20-19(17)12-22-21(23(20)4)18-10-14(2)5-7-15(18)3/h5-10,12H,11H2,1-4H3/q+1. The Bertz CT molecular complexity index is 939. The molecule has 3 aromatic rings. The summed E-state index contributed by atoms with van der Waals surface area (Å²) in [7, 11) is 2.14. The molecule has 2 heteroatoms. The van der Waals surface area contributed by atoms with Crippen LogP contribution >= 0.6 is 0 Å². The number of aromatic nitrogens is 2. The first-order valence-electron chi connectivity index (χ1n) is 8.10. The van der Waals surface area contributed by atoms with Crippen LogP contribution in [0.5, 0.6) is 0 Å². The molecule has 0 bridgehead atoms. The summed E-state index contributed by atoms with van der Waals surface area (Å²) < 4.78 is 2.27. The Morgan fingerprint density at radius 1 is 0.870 bits per heavy atom. The molecule has 0 saturated carbocycles. The predicted octanol–water partition coefficient (Wildman–Crippen LogP) is 4.07. The van der Waals surface area contributed by atoms with Gasteiger partial charge < -0.3 is 0 Å². The molecule has 1 heterocycles. The van der Waals surface area contributed by atoms with E-state index in [1.165, 1.54) is 44.6 Å². The van der Waals surface area contributed by atoms with E-state index < -0.39 is 0 Å². The molecule has 2 aromatic carbocycles. The normalized spacial score (nSPS) is 12.2. The number of fused-ring (bicyclic) bond motifs is 3. The lowest BCUT2D eigenvalue weighted by Gasteiger charge is -2.07. The summed E-state index contributed by atoms with van der Waals surface area (Å²) in [6.07, 6.45) is 3.04. The van der Waals surface area contributed by atoms with Crippen LogP contribution < -0.4 is 4.57 Å². The van der Waals surface area contributed by atoms with Crippen LogP contribution in [0.25, 0.3) is 22.5 Å². The second-order valence-electron chi connectivity index (χ2n) is 6.66. The van der Waals surface area contributed by atoms with Crippen LogP contribution in [0.3, 0.4) is 0 Å². The molecule has 0 amide bonds. The molecule has 0 radical (unpaired) electrons. The van der Waals surface area contributed by atoms with Gasteiger partial charge in [-0.25, -0.2) is 4.57 Å². The molecule has 0 N–H and O–H groups in total. The molecule has 0 unspecified atom stereocenters. The van der Waals surface area contributed by atoms with Crippen molar-refractivity contribution in [1.82, 2.24) is 4.98 Å². The van der Waals surface area contributed by atoms with Gasteiger partial charge in [0.15, 0.2) is 6.20 Å². The van der Waals surface area contributed by atoms with Gasteiger partial charge in [-0.3, -0.25) is 0 Å². The highest BCUT2D eigenvalue weighted by Gasteiger charge is 2.28. The van der Waals surface area contributed by atoms with Crippen LogP contribution in [0, 0.1) is 20.8 Å². The minimum absolute atomic E-state index is 0.989. The van der Waals surface area contributed by atoms with Gasteiger partial charge in [0.2, 0.25) is 0 Å². The highest BCUT2D eigenvalue weighted by molar-refractivity contribution is 5.74. The number of hydrogen-bond donors (Lipinski definition) is 0. The fourth-order valence-electron chi connectivity index (χ4n) is 3.57. The minimum atomic E-state index is 0.989. The van der Waals surface area contributed by atoms with Crippen molar-refractivity contribution in [3.63, 3.8) is 0 Å². The number of nitrogens with zero attached hydrogens (tertiary/aromatic N) is 2. The Labute approximate surface area is 137 Å². The van der Waals surface area contributed by atoms with E-state index in [9.17, 15) is 0 Å². The van der Waals surface area contributed by atoms with Crippen LogP contribution in [-0.4, -0.2) is 4.98 Å². The molecule has 2 nitrogen and oxygen atoms in total. The van der Waals surface area contributed by atoms with Gasteiger partial charge in [-0.05, 0) is 48.5 Å². The molecule has 23 heavy (non-hydrogen) atoms. The zero-order valence-electron chi connectivity index (χ0n) is 14.1. The van der Waals surface area contributed by atoms with Gasteiger partial charge in [-0.1, -0.05) is 41.5 Å². The molecule has 0 saturated heterocycles. The topological polar surface area (TPSA) is 16.8 Å². The number of benzene rings is 2. The van der Waals surface area contributed by atoms with Crippen molar-refractivity contribution in [2.24, 2.45) is 7.05 Å². The summed E-state index contributed by atoms with van der Waals surface area (Å²) in [5, 5.41) is 0. The highest BCUT2D eigenvalue weighted by atomic mass is 15.0. The first kappa shape index (κ1) is 14.1. The average molecular weight is 301 g/mol. The molecule has 1 aliphatic rings. The van der Waals surface area contributed by atoms with Gasteiger partial charge in [-0.15, -0.1) is 0 Å². The largest absolute Gasteiger partial charge is 0.330 e. The van der Waals surface area contributed by atoms with Gasteiger partial charge in [0.25, 0.3) is 0 Å². The SMILES string of the molecule is Cc1ccc2c(c1)Cc1c-2cnc(-c2cc(C)ccc2C)[n+]1C. The molecule has 0 spiro atoms. The fourth-order valence-corrected chi connectivity index (χ4v) is 3.57. The third-order valence-corrected chi connectivity index (χ3v) is 4.89. The van der Waals surface area contributed by atoms with Crippen molar-refractivity contribution >= 4 is 0 Å². The van der Waals surface area contributed by atoms with Gasteiger partial charge in [-0.2, -0.15) is 0 Å². The van der Waals surface area contributed by atoms with Gasteiger partial charge in [0.1, 0.15) is 5.69 Å². The summed E-state index contributed by atoms with van der Waals surface area (Å²) in [5.74, 6) is 1.05. The number of aryl methyl sites for hydroxylation is 3. The van der Waals surface area contributed by atoms with E-state index in [4.69, 9.17) is 4.98 Å². The molecule has 4 rings (SSSR count). The summed E-state index contributed by atoms with van der Waals surface area (Å²) in [5.41, 5.74) is 10.5. The Morgan fingerprint density at radius 2 is 1.61 bits per heavy atom. The average Bonchev–Trinajstić information content (AvgIpc) is 2.89. The first-order chi connectivity index (χ1) is 11.0. The van der Waals surface area contributed by atoms with Gasteiger partial charge in [0, 0.05) is 6.42 Å². The Balaban J connectivity index is 1.90. The van der Waals surface area contributed by atoms with Crippen LogP contribution in [0.4, 0.5) is 0 Å². The lowest BCUT2D eigenvalue weighted by atomic mass is 10.0. The molecule has 0 aliphatic heterocycles. The first-order valence-corrected chi connectivity index (χ1v) is 8.10. The third kappa shape index (κ3) is 2.17. The molecule has 1 aliphatic carbocycles. The summed E-state index contributed by atoms with van der Waals surface area (Å²) in [6.45, 7) is 6.44. The molecular formula is C21H21N2+. The van der Waals surface area contributed by atoms with Crippen molar-refractivity contribution < 1.29 is 4.57 Å². The summed E-state index contributed by atoms with van der Waals surface area (Å²) >= 11 is 0. The van der Waals surface area contributed by atoms with E-state index in [0.717, 1.165) is 12.2 Å². The zero-order valence-corrected chi connectivity index (χ0v) is 14.1. The molecule has 0 atom stereocenters. The number of rotatable bonds is 1. The van der Waals surface area contributed by atoms with E-state index in [1.54, 1.807) is 0 Å². The fraction of sp³-hybridized carbons (Fsp3) is 0.238.